The number of nitrogens with one attached hydrogen (secondary N) is 1. The number of anilines is 1. The fraction of sp³-hybridized carbons (Fsp3) is 0.259. The first-order valence-electron chi connectivity index (χ1n) is 11.7. The van der Waals surface area contributed by atoms with E-state index >= 15 is 0 Å². The molecule has 1 N–H and O–H groups in total. The lowest BCUT2D eigenvalue weighted by Crippen LogP contribution is -2.50. The molecule has 8 nitrogen and oxygen atoms in total. The molecule has 0 saturated carbocycles. The first-order valence-corrected chi connectivity index (χ1v) is 13.2. The maximum absolute atomic E-state index is 14.4. The summed E-state index contributed by atoms with van der Waals surface area (Å²) >= 11 is 0. The summed E-state index contributed by atoms with van der Waals surface area (Å²) in [4.78, 5) is 27.3. The van der Waals surface area contributed by atoms with Crippen LogP contribution in [0.15, 0.2) is 83.8 Å². The molecule has 37 heavy (non-hydrogen) atoms. The smallest absolute Gasteiger partial charge is 0.264 e. The minimum atomic E-state index is -4.17. The number of rotatable bonds is 11. The summed E-state index contributed by atoms with van der Waals surface area (Å²) in [7, 11) is -2.74. The van der Waals surface area contributed by atoms with Crippen molar-refractivity contribution in [2.75, 3.05) is 24.5 Å². The molecule has 1 atom stereocenters. The average Bonchev–Trinajstić information content (AvgIpc) is 2.91. The van der Waals surface area contributed by atoms with Crippen LogP contribution in [-0.2, 0) is 26.2 Å². The second-order valence-corrected chi connectivity index (χ2v) is 10.0. The van der Waals surface area contributed by atoms with Crippen molar-refractivity contribution in [3.8, 4) is 5.75 Å². The summed E-state index contributed by atoms with van der Waals surface area (Å²) in [5.41, 5.74) is 0.434. The lowest BCUT2D eigenvalue weighted by atomic mass is 10.1. The van der Waals surface area contributed by atoms with E-state index in [0.717, 1.165) is 4.31 Å². The molecule has 3 aromatic carbocycles. The van der Waals surface area contributed by atoms with E-state index in [1.165, 1.54) is 49.2 Å². The standard InChI is InChI=1S/C27H30FN3O5S/c1-4-36-23-16-14-22(15-17-23)31(37(34,35)24-11-6-5-7-12-24)19-26(32)30(20(2)27(33)29-3)18-21-10-8-9-13-25(21)28/h5-17,20H,4,18-19H2,1-3H3,(H,29,33)/t20-/m0/s1. The van der Waals surface area contributed by atoms with Crippen molar-refractivity contribution in [1.29, 1.82) is 0 Å². The Morgan fingerprint density at radius 3 is 2.19 bits per heavy atom. The molecule has 0 aliphatic heterocycles. The Bertz CT molecular complexity index is 1320. The molecule has 3 aromatic rings. The van der Waals surface area contributed by atoms with E-state index in [2.05, 4.69) is 5.32 Å². The van der Waals surface area contributed by atoms with Crippen molar-refractivity contribution in [2.45, 2.75) is 31.3 Å². The van der Waals surface area contributed by atoms with Crippen molar-refractivity contribution in [3.63, 3.8) is 0 Å². The van der Waals surface area contributed by atoms with Gasteiger partial charge < -0.3 is 15.0 Å². The Balaban J connectivity index is 2.02. The second-order valence-electron chi connectivity index (χ2n) is 8.15. The summed E-state index contributed by atoms with van der Waals surface area (Å²) in [6, 6.07) is 19.0. The molecule has 0 aromatic heterocycles. The van der Waals surface area contributed by atoms with E-state index in [-0.39, 0.29) is 22.7 Å². The van der Waals surface area contributed by atoms with Crippen LogP contribution in [-0.4, -0.2) is 51.4 Å². The zero-order chi connectivity index (χ0) is 27.0. The lowest BCUT2D eigenvalue weighted by molar-refractivity contribution is -0.139. The highest BCUT2D eigenvalue weighted by Crippen LogP contribution is 2.26. The number of likely N-dealkylation sites (N-methyl/N-ethyl adjacent to an activating group) is 1. The van der Waals surface area contributed by atoms with Crippen LogP contribution in [0.2, 0.25) is 0 Å². The zero-order valence-corrected chi connectivity index (χ0v) is 21.7. The molecule has 0 unspecified atom stereocenters. The monoisotopic (exact) mass is 527 g/mol. The molecular weight excluding hydrogens is 497 g/mol. The number of ether oxygens (including phenoxy) is 1. The summed E-state index contributed by atoms with van der Waals surface area (Å²) in [6.45, 7) is 2.94. The van der Waals surface area contributed by atoms with Gasteiger partial charge in [-0.05, 0) is 56.3 Å². The van der Waals surface area contributed by atoms with Gasteiger partial charge in [-0.25, -0.2) is 12.8 Å². The highest BCUT2D eigenvalue weighted by atomic mass is 32.2. The van der Waals surface area contributed by atoms with Crippen LogP contribution in [0.1, 0.15) is 19.4 Å². The third-order valence-electron chi connectivity index (χ3n) is 5.76. The van der Waals surface area contributed by atoms with Gasteiger partial charge >= 0.3 is 0 Å². The Morgan fingerprint density at radius 2 is 1.59 bits per heavy atom. The second kappa shape index (κ2) is 12.4. The number of amides is 2. The number of hydrogen-bond donors (Lipinski definition) is 1. The maximum atomic E-state index is 14.4. The third kappa shape index (κ3) is 6.65. The normalized spacial score (nSPS) is 11.9. The van der Waals surface area contributed by atoms with Gasteiger partial charge in [-0.2, -0.15) is 0 Å². The number of carbonyl (C=O) groups excluding carboxylic acids is 2. The Hall–Kier alpha value is -3.92. The van der Waals surface area contributed by atoms with Crippen LogP contribution in [0.3, 0.4) is 0 Å². The number of hydrogen-bond acceptors (Lipinski definition) is 5. The first-order chi connectivity index (χ1) is 17.7. The fourth-order valence-electron chi connectivity index (χ4n) is 3.73. The Labute approximate surface area is 216 Å². The van der Waals surface area contributed by atoms with Crippen LogP contribution < -0.4 is 14.4 Å². The van der Waals surface area contributed by atoms with Gasteiger partial charge in [0.1, 0.15) is 24.2 Å². The molecule has 0 spiro atoms. The van der Waals surface area contributed by atoms with E-state index < -0.39 is 40.2 Å². The molecule has 10 heteroatoms. The fourth-order valence-corrected chi connectivity index (χ4v) is 5.16. The predicted molar refractivity (Wildman–Crippen MR) is 139 cm³/mol. The van der Waals surface area contributed by atoms with Crippen molar-refractivity contribution in [2.24, 2.45) is 0 Å². The summed E-state index contributed by atoms with van der Waals surface area (Å²) in [6.07, 6.45) is 0. The maximum Gasteiger partial charge on any atom is 0.264 e. The van der Waals surface area contributed by atoms with Crippen LogP contribution in [0.5, 0.6) is 5.75 Å². The highest BCUT2D eigenvalue weighted by Gasteiger charge is 2.32. The molecule has 196 valence electrons. The first kappa shape index (κ1) is 27.7. The molecule has 3 rings (SSSR count). The molecular formula is C27H30FN3O5S. The highest BCUT2D eigenvalue weighted by molar-refractivity contribution is 7.92. The van der Waals surface area contributed by atoms with Crippen LogP contribution in [0.25, 0.3) is 0 Å². The van der Waals surface area contributed by atoms with Crippen molar-refractivity contribution < 1.29 is 27.1 Å². The number of benzene rings is 3. The summed E-state index contributed by atoms with van der Waals surface area (Å²) < 4.78 is 48.2. The van der Waals surface area contributed by atoms with Crippen molar-refractivity contribution in [3.05, 3.63) is 90.2 Å². The van der Waals surface area contributed by atoms with E-state index in [1.807, 2.05) is 6.92 Å². The summed E-state index contributed by atoms with van der Waals surface area (Å²) in [5, 5.41) is 2.49. The number of halogens is 1. The zero-order valence-electron chi connectivity index (χ0n) is 20.9. The molecule has 0 aliphatic carbocycles. The van der Waals surface area contributed by atoms with E-state index in [9.17, 15) is 22.4 Å². The predicted octanol–water partition coefficient (Wildman–Crippen LogP) is 3.58. The van der Waals surface area contributed by atoms with Gasteiger partial charge in [0.15, 0.2) is 0 Å². The topological polar surface area (TPSA) is 96.0 Å². The molecule has 0 aliphatic rings. The molecule has 0 radical (unpaired) electrons. The quantitative estimate of drug-likeness (QED) is 0.411. The van der Waals surface area contributed by atoms with Gasteiger partial charge in [-0.15, -0.1) is 0 Å². The molecule has 0 saturated heterocycles. The Kier molecular flexibility index (Phi) is 9.24. The van der Waals surface area contributed by atoms with Gasteiger partial charge in [0.05, 0.1) is 17.2 Å². The van der Waals surface area contributed by atoms with Crippen molar-refractivity contribution >= 4 is 27.5 Å². The minimum Gasteiger partial charge on any atom is -0.494 e. The van der Waals surface area contributed by atoms with Gasteiger partial charge in [-0.1, -0.05) is 36.4 Å². The van der Waals surface area contributed by atoms with Gasteiger partial charge in [-0.3, -0.25) is 13.9 Å². The van der Waals surface area contributed by atoms with E-state index in [1.54, 1.807) is 48.5 Å². The average molecular weight is 528 g/mol. The molecule has 0 heterocycles. The van der Waals surface area contributed by atoms with Gasteiger partial charge in [0.2, 0.25) is 11.8 Å². The molecule has 0 bridgehead atoms. The van der Waals surface area contributed by atoms with Gasteiger partial charge in [0, 0.05) is 19.2 Å². The number of sulfonamides is 1. The number of carbonyl (C=O) groups is 2. The van der Waals surface area contributed by atoms with Gasteiger partial charge in [0.25, 0.3) is 10.0 Å². The van der Waals surface area contributed by atoms with Crippen LogP contribution in [0.4, 0.5) is 10.1 Å². The number of nitrogens with zero attached hydrogens (tertiary/aromatic N) is 2. The lowest BCUT2D eigenvalue weighted by Gasteiger charge is -2.31. The third-order valence-corrected chi connectivity index (χ3v) is 7.55. The largest absolute Gasteiger partial charge is 0.494 e. The Morgan fingerprint density at radius 1 is 0.973 bits per heavy atom. The SMILES string of the molecule is CCOc1ccc(N(CC(=O)N(Cc2ccccc2F)[C@@H](C)C(=O)NC)S(=O)(=O)c2ccccc2)cc1. The van der Waals surface area contributed by atoms with Crippen molar-refractivity contribution in [1.82, 2.24) is 10.2 Å². The van der Waals surface area contributed by atoms with E-state index in [4.69, 9.17) is 4.74 Å². The van der Waals surface area contributed by atoms with Crippen LogP contribution in [0, 0.1) is 5.82 Å². The molecule has 2 amide bonds. The minimum absolute atomic E-state index is 0.00307. The van der Waals surface area contributed by atoms with Crippen LogP contribution >= 0.6 is 0 Å². The summed E-state index contributed by atoms with van der Waals surface area (Å²) in [5.74, 6) is -1.13. The molecule has 0 fully saturated rings. The van der Waals surface area contributed by atoms with E-state index in [0.29, 0.717) is 12.4 Å².